The number of unbranched alkanes of at least 4 members (excludes halogenated alkanes) is 1. The van der Waals surface area contributed by atoms with E-state index in [9.17, 15) is 0 Å². The molecule has 0 unspecified atom stereocenters. The Morgan fingerprint density at radius 1 is 1.00 bits per heavy atom. The standard InChI is InChI=1S/C17H21ClN2O/c1-2-3-13-21-17-11-10-16(19-20-17)15-8-6-14(7-9-15)5-4-12-18/h6-11H,2-5,12-13H2,1H3. The van der Waals surface area contributed by atoms with Crippen molar-refractivity contribution in [2.75, 3.05) is 12.5 Å². The van der Waals surface area contributed by atoms with Crippen LogP contribution < -0.4 is 4.74 Å². The molecule has 0 spiro atoms. The average Bonchev–Trinajstić information content (AvgIpc) is 2.54. The van der Waals surface area contributed by atoms with Crippen LogP contribution in [0.5, 0.6) is 5.88 Å². The summed E-state index contributed by atoms with van der Waals surface area (Å²) in [6.07, 6.45) is 4.17. The van der Waals surface area contributed by atoms with Crippen LogP contribution in [0.4, 0.5) is 0 Å². The molecule has 1 aromatic carbocycles. The van der Waals surface area contributed by atoms with Gasteiger partial charge in [-0.3, -0.25) is 0 Å². The molecule has 0 aliphatic rings. The molecule has 0 saturated heterocycles. The summed E-state index contributed by atoms with van der Waals surface area (Å²) in [5.41, 5.74) is 3.23. The Bertz CT molecular complexity index is 525. The van der Waals surface area contributed by atoms with Crippen molar-refractivity contribution in [3.8, 4) is 17.1 Å². The highest BCUT2D eigenvalue weighted by Crippen LogP contribution is 2.19. The van der Waals surface area contributed by atoms with Crippen LogP contribution in [-0.4, -0.2) is 22.7 Å². The Labute approximate surface area is 131 Å². The molecule has 0 radical (unpaired) electrons. The fourth-order valence-electron chi connectivity index (χ4n) is 1.99. The molecule has 112 valence electrons. The maximum absolute atomic E-state index is 5.71. The van der Waals surface area contributed by atoms with Crippen molar-refractivity contribution >= 4 is 11.6 Å². The van der Waals surface area contributed by atoms with Crippen molar-refractivity contribution in [1.82, 2.24) is 10.2 Å². The number of benzene rings is 1. The largest absolute Gasteiger partial charge is 0.477 e. The lowest BCUT2D eigenvalue weighted by atomic mass is 10.1. The first-order valence-electron chi connectivity index (χ1n) is 7.45. The van der Waals surface area contributed by atoms with Gasteiger partial charge in [0, 0.05) is 17.5 Å². The van der Waals surface area contributed by atoms with E-state index < -0.39 is 0 Å². The summed E-state index contributed by atoms with van der Waals surface area (Å²) >= 11 is 5.71. The highest BCUT2D eigenvalue weighted by Gasteiger charge is 2.02. The monoisotopic (exact) mass is 304 g/mol. The summed E-state index contributed by atoms with van der Waals surface area (Å²) in [6, 6.07) is 12.2. The van der Waals surface area contributed by atoms with Crippen LogP contribution in [0, 0.1) is 0 Å². The maximum atomic E-state index is 5.71. The highest BCUT2D eigenvalue weighted by molar-refractivity contribution is 6.17. The predicted molar refractivity (Wildman–Crippen MR) is 86.9 cm³/mol. The number of alkyl halides is 1. The molecule has 1 heterocycles. The first kappa shape index (κ1) is 15.8. The minimum atomic E-state index is 0.589. The molecular formula is C17H21ClN2O. The number of aryl methyl sites for hydroxylation is 1. The molecule has 3 nitrogen and oxygen atoms in total. The topological polar surface area (TPSA) is 35.0 Å². The summed E-state index contributed by atoms with van der Waals surface area (Å²) in [7, 11) is 0. The van der Waals surface area contributed by atoms with E-state index in [2.05, 4.69) is 41.4 Å². The Morgan fingerprint density at radius 2 is 1.81 bits per heavy atom. The Morgan fingerprint density at radius 3 is 2.43 bits per heavy atom. The van der Waals surface area contributed by atoms with Gasteiger partial charge in [-0.05, 0) is 30.9 Å². The van der Waals surface area contributed by atoms with E-state index in [-0.39, 0.29) is 0 Å². The van der Waals surface area contributed by atoms with E-state index in [1.54, 1.807) is 0 Å². The molecule has 0 aliphatic heterocycles. The summed E-state index contributed by atoms with van der Waals surface area (Å²) in [6.45, 7) is 2.83. The lowest BCUT2D eigenvalue weighted by molar-refractivity contribution is 0.294. The lowest BCUT2D eigenvalue weighted by Crippen LogP contribution is -1.99. The Kier molecular flexibility index (Phi) is 6.48. The zero-order chi connectivity index (χ0) is 14.9. The van der Waals surface area contributed by atoms with Crippen LogP contribution >= 0.6 is 11.6 Å². The number of ether oxygens (including phenoxy) is 1. The molecule has 0 N–H and O–H groups in total. The van der Waals surface area contributed by atoms with Gasteiger partial charge in [0.2, 0.25) is 5.88 Å². The van der Waals surface area contributed by atoms with E-state index >= 15 is 0 Å². The summed E-state index contributed by atoms with van der Waals surface area (Å²) in [4.78, 5) is 0. The number of rotatable bonds is 8. The molecule has 0 bridgehead atoms. The van der Waals surface area contributed by atoms with Crippen LogP contribution in [-0.2, 0) is 6.42 Å². The predicted octanol–water partition coefficient (Wildman–Crippen LogP) is 4.49. The molecule has 0 aliphatic carbocycles. The van der Waals surface area contributed by atoms with E-state index in [0.717, 1.165) is 36.9 Å². The SMILES string of the molecule is CCCCOc1ccc(-c2ccc(CCCCl)cc2)nn1. The van der Waals surface area contributed by atoms with Gasteiger partial charge < -0.3 is 4.74 Å². The van der Waals surface area contributed by atoms with E-state index in [0.29, 0.717) is 18.4 Å². The maximum Gasteiger partial charge on any atom is 0.233 e. The van der Waals surface area contributed by atoms with Crippen molar-refractivity contribution in [3.63, 3.8) is 0 Å². The number of halogens is 1. The smallest absolute Gasteiger partial charge is 0.233 e. The zero-order valence-electron chi connectivity index (χ0n) is 12.4. The van der Waals surface area contributed by atoms with Crippen LogP contribution in [0.2, 0.25) is 0 Å². The van der Waals surface area contributed by atoms with Crippen LogP contribution in [0.15, 0.2) is 36.4 Å². The van der Waals surface area contributed by atoms with Gasteiger partial charge in [0.05, 0.1) is 12.3 Å². The third kappa shape index (κ3) is 5.01. The molecule has 0 atom stereocenters. The van der Waals surface area contributed by atoms with Gasteiger partial charge in [-0.1, -0.05) is 37.6 Å². The van der Waals surface area contributed by atoms with Gasteiger partial charge in [0.1, 0.15) is 0 Å². The van der Waals surface area contributed by atoms with Crippen molar-refractivity contribution in [3.05, 3.63) is 42.0 Å². The Balaban J connectivity index is 1.97. The third-order valence-corrected chi connectivity index (χ3v) is 3.50. The minimum absolute atomic E-state index is 0.589. The molecule has 0 fully saturated rings. The second kappa shape index (κ2) is 8.63. The molecule has 0 amide bonds. The van der Waals surface area contributed by atoms with Crippen molar-refractivity contribution in [2.24, 2.45) is 0 Å². The number of hydrogen-bond acceptors (Lipinski definition) is 3. The fourth-order valence-corrected chi connectivity index (χ4v) is 2.12. The summed E-state index contributed by atoms with van der Waals surface area (Å²) in [5, 5.41) is 8.33. The number of hydrogen-bond donors (Lipinski definition) is 0. The lowest BCUT2D eigenvalue weighted by Gasteiger charge is -2.05. The number of aromatic nitrogens is 2. The highest BCUT2D eigenvalue weighted by atomic mass is 35.5. The van der Waals surface area contributed by atoms with Crippen molar-refractivity contribution < 1.29 is 4.74 Å². The second-order valence-electron chi connectivity index (χ2n) is 4.95. The van der Waals surface area contributed by atoms with E-state index in [4.69, 9.17) is 16.3 Å². The quantitative estimate of drug-likeness (QED) is 0.532. The normalized spacial score (nSPS) is 10.6. The van der Waals surface area contributed by atoms with Gasteiger partial charge in [-0.25, -0.2) is 0 Å². The first-order valence-corrected chi connectivity index (χ1v) is 7.98. The minimum Gasteiger partial charge on any atom is -0.477 e. The van der Waals surface area contributed by atoms with E-state index in [1.807, 2.05) is 12.1 Å². The average molecular weight is 305 g/mol. The third-order valence-electron chi connectivity index (χ3n) is 3.24. The second-order valence-corrected chi connectivity index (χ2v) is 5.33. The van der Waals surface area contributed by atoms with Gasteiger partial charge in [0.15, 0.2) is 0 Å². The molecule has 2 rings (SSSR count). The van der Waals surface area contributed by atoms with Crippen LogP contribution in [0.1, 0.15) is 31.7 Å². The number of nitrogens with zero attached hydrogens (tertiary/aromatic N) is 2. The molecule has 4 heteroatoms. The molecule has 2 aromatic rings. The summed E-state index contributed by atoms with van der Waals surface area (Å²) in [5.74, 6) is 1.29. The van der Waals surface area contributed by atoms with Crippen LogP contribution in [0.25, 0.3) is 11.3 Å². The Hall–Kier alpha value is -1.61. The van der Waals surface area contributed by atoms with Gasteiger partial charge in [-0.2, -0.15) is 0 Å². The van der Waals surface area contributed by atoms with Gasteiger partial charge in [-0.15, -0.1) is 21.8 Å². The fraction of sp³-hybridized carbons (Fsp3) is 0.412. The molecule has 0 saturated carbocycles. The van der Waals surface area contributed by atoms with Gasteiger partial charge in [0.25, 0.3) is 0 Å². The molecule has 21 heavy (non-hydrogen) atoms. The van der Waals surface area contributed by atoms with Crippen LogP contribution in [0.3, 0.4) is 0 Å². The van der Waals surface area contributed by atoms with Gasteiger partial charge >= 0.3 is 0 Å². The van der Waals surface area contributed by atoms with Crippen molar-refractivity contribution in [2.45, 2.75) is 32.6 Å². The summed E-state index contributed by atoms with van der Waals surface area (Å²) < 4.78 is 5.51. The van der Waals surface area contributed by atoms with Crippen molar-refractivity contribution in [1.29, 1.82) is 0 Å². The molecular weight excluding hydrogens is 284 g/mol. The molecule has 1 aromatic heterocycles. The van der Waals surface area contributed by atoms with E-state index in [1.165, 1.54) is 5.56 Å². The first-order chi connectivity index (χ1) is 10.3. The zero-order valence-corrected chi connectivity index (χ0v) is 13.1.